The predicted molar refractivity (Wildman–Crippen MR) is 149 cm³/mol. The van der Waals surface area contributed by atoms with Gasteiger partial charge >= 0.3 is 0 Å². The Bertz CT molecular complexity index is 1110. The molecule has 4 rings (SSSR count). The molecule has 0 spiro atoms. The lowest BCUT2D eigenvalue weighted by Gasteiger charge is -2.22. The van der Waals surface area contributed by atoms with Crippen LogP contribution in [-0.4, -0.2) is 26.3 Å². The summed E-state index contributed by atoms with van der Waals surface area (Å²) in [5, 5.41) is 0. The highest BCUT2D eigenvalue weighted by atomic mass is 79.9. The number of rotatable bonds is 12. The molecule has 5 heteroatoms. The lowest BCUT2D eigenvalue weighted by Crippen LogP contribution is -2.12. The second kappa shape index (κ2) is 13.3. The molecule has 0 saturated heterocycles. The topological polar surface area (TPSA) is 27.7 Å². The second-order valence-electron chi connectivity index (χ2n) is 8.64. The van der Waals surface area contributed by atoms with E-state index in [0.29, 0.717) is 6.61 Å². The highest BCUT2D eigenvalue weighted by Crippen LogP contribution is 2.40. The van der Waals surface area contributed by atoms with Crippen molar-refractivity contribution in [2.24, 2.45) is 0 Å². The summed E-state index contributed by atoms with van der Waals surface area (Å²) >= 11 is 5.77. The van der Waals surface area contributed by atoms with Crippen LogP contribution < -0.4 is 4.74 Å². The first-order valence-electron chi connectivity index (χ1n) is 12.2. The van der Waals surface area contributed by atoms with Crippen molar-refractivity contribution in [1.29, 1.82) is 0 Å². The van der Waals surface area contributed by atoms with Crippen LogP contribution in [-0.2, 0) is 22.5 Å². The maximum Gasteiger partial charge on any atom is 0.156 e. The van der Waals surface area contributed by atoms with Crippen LogP contribution in [0.4, 0.5) is 0 Å². The van der Waals surface area contributed by atoms with Gasteiger partial charge in [0, 0.05) is 23.6 Å². The number of benzene rings is 3. The molecule has 0 saturated carbocycles. The van der Waals surface area contributed by atoms with E-state index < -0.39 is 0 Å². The van der Waals surface area contributed by atoms with Crippen molar-refractivity contribution in [2.75, 3.05) is 20.0 Å². The third-order valence-corrected chi connectivity index (χ3v) is 8.14. The summed E-state index contributed by atoms with van der Waals surface area (Å²) < 4.78 is 17.9. The van der Waals surface area contributed by atoms with E-state index in [1.165, 1.54) is 37.2 Å². The number of hydrogen-bond donors (Lipinski definition) is 0. The molecule has 0 bridgehead atoms. The van der Waals surface area contributed by atoms with Gasteiger partial charge in [-0.1, -0.05) is 64.5 Å². The van der Waals surface area contributed by atoms with Crippen molar-refractivity contribution < 1.29 is 14.2 Å². The molecule has 184 valence electrons. The second-order valence-corrected chi connectivity index (χ2v) is 10.8. The molecule has 0 radical (unpaired) electrons. The van der Waals surface area contributed by atoms with Crippen molar-refractivity contribution in [3.63, 3.8) is 0 Å². The number of hydrogen-bond acceptors (Lipinski definition) is 4. The van der Waals surface area contributed by atoms with Gasteiger partial charge in [0.2, 0.25) is 0 Å². The smallest absolute Gasteiger partial charge is 0.156 e. The van der Waals surface area contributed by atoms with E-state index in [-0.39, 0.29) is 6.29 Å². The van der Waals surface area contributed by atoms with Gasteiger partial charge in [0.25, 0.3) is 0 Å². The molecule has 3 aromatic rings. The Balaban J connectivity index is 1.37. The Kier molecular flexibility index (Phi) is 9.90. The van der Waals surface area contributed by atoms with Gasteiger partial charge in [-0.05, 0) is 89.9 Å². The Morgan fingerprint density at radius 3 is 2.40 bits per heavy atom. The van der Waals surface area contributed by atoms with Gasteiger partial charge in [-0.3, -0.25) is 0 Å². The van der Waals surface area contributed by atoms with E-state index in [2.05, 4.69) is 70.5 Å². The van der Waals surface area contributed by atoms with Crippen LogP contribution >= 0.6 is 27.7 Å². The maximum atomic E-state index is 6.08. The largest absolute Gasteiger partial charge is 0.489 e. The average molecular weight is 554 g/mol. The number of methoxy groups -OCH3 is 2. The predicted octanol–water partition coefficient (Wildman–Crippen LogP) is 8.25. The van der Waals surface area contributed by atoms with Crippen LogP contribution in [0.2, 0.25) is 0 Å². The Morgan fingerprint density at radius 2 is 1.66 bits per heavy atom. The summed E-state index contributed by atoms with van der Waals surface area (Å²) in [7, 11) is 3.39. The molecule has 0 N–H and O–H groups in total. The number of fused-ring (bicyclic) bond motifs is 1. The lowest BCUT2D eigenvalue weighted by atomic mass is 9.87. The normalized spacial score (nSPS) is 13.3. The molecule has 35 heavy (non-hydrogen) atoms. The van der Waals surface area contributed by atoms with Crippen molar-refractivity contribution in [3.8, 4) is 5.75 Å². The molecule has 1 aliphatic rings. The molecule has 0 fully saturated rings. The van der Waals surface area contributed by atoms with E-state index in [1.807, 2.05) is 30.0 Å². The number of halogens is 1. The fourth-order valence-corrected chi connectivity index (χ4v) is 5.89. The fourth-order valence-electron chi connectivity index (χ4n) is 4.33. The Hall–Kier alpha value is -2.05. The monoisotopic (exact) mass is 552 g/mol. The first-order valence-corrected chi connectivity index (χ1v) is 13.9. The molecule has 0 atom stereocenters. The molecule has 0 amide bonds. The average Bonchev–Trinajstić information content (AvgIpc) is 2.90. The number of unbranched alkanes of at least 4 members (excludes halogenated alkanes) is 1. The number of ether oxygens (including phenoxy) is 3. The molecular weight excluding hydrogens is 520 g/mol. The van der Waals surface area contributed by atoms with Crippen LogP contribution in [0, 0.1) is 0 Å². The van der Waals surface area contributed by atoms with Crippen molar-refractivity contribution in [1.82, 2.24) is 0 Å². The van der Waals surface area contributed by atoms with Gasteiger partial charge in [-0.2, -0.15) is 0 Å². The van der Waals surface area contributed by atoms with E-state index in [0.717, 1.165) is 43.6 Å². The Morgan fingerprint density at radius 1 is 0.886 bits per heavy atom. The molecule has 3 aromatic carbocycles. The van der Waals surface area contributed by atoms with Gasteiger partial charge in [-0.25, -0.2) is 0 Å². The van der Waals surface area contributed by atoms with Gasteiger partial charge in [-0.15, -0.1) is 11.8 Å². The zero-order valence-corrected chi connectivity index (χ0v) is 22.9. The van der Waals surface area contributed by atoms with Crippen molar-refractivity contribution >= 4 is 33.3 Å². The summed E-state index contributed by atoms with van der Waals surface area (Å²) in [6.07, 6.45) is 5.12. The zero-order valence-electron chi connectivity index (χ0n) is 20.5. The van der Waals surface area contributed by atoms with E-state index in [9.17, 15) is 0 Å². The number of allylic oxidation sites excluding steroid dienone is 1. The van der Waals surface area contributed by atoms with Crippen LogP contribution in [0.3, 0.4) is 0 Å². The summed E-state index contributed by atoms with van der Waals surface area (Å²) in [6.45, 7) is 0.588. The van der Waals surface area contributed by atoms with Gasteiger partial charge in [0.15, 0.2) is 6.29 Å². The lowest BCUT2D eigenvalue weighted by molar-refractivity contribution is -0.106. The standard InChI is InChI=1S/C30H33BrO3S/c1-32-29(33-2)10-6-7-19-35-26-15-11-23(12-16-26)30-27-17-14-25(20-24(27)13-18-28(30)31)34-21-22-8-4-3-5-9-22/h3-5,8-9,11-12,14-17,20,29H,6-7,10,13,18-19,21H2,1-2H3. The molecule has 1 aliphatic carbocycles. The minimum atomic E-state index is -0.0871. The van der Waals surface area contributed by atoms with E-state index in [4.69, 9.17) is 14.2 Å². The summed E-state index contributed by atoms with van der Waals surface area (Å²) in [5.74, 6) is 2.03. The Labute approximate surface area is 222 Å². The summed E-state index contributed by atoms with van der Waals surface area (Å²) in [5.41, 5.74) is 6.37. The van der Waals surface area contributed by atoms with Gasteiger partial charge < -0.3 is 14.2 Å². The third-order valence-electron chi connectivity index (χ3n) is 6.25. The number of aryl methyl sites for hydroxylation is 1. The molecule has 0 heterocycles. The molecule has 3 nitrogen and oxygen atoms in total. The zero-order chi connectivity index (χ0) is 24.5. The third kappa shape index (κ3) is 7.23. The van der Waals surface area contributed by atoms with Gasteiger partial charge in [0.05, 0.1) is 0 Å². The molecule has 0 unspecified atom stereocenters. The fraction of sp³-hybridized carbons (Fsp3) is 0.333. The quantitative estimate of drug-likeness (QED) is 0.128. The summed E-state index contributed by atoms with van der Waals surface area (Å²) in [4.78, 5) is 1.31. The summed E-state index contributed by atoms with van der Waals surface area (Å²) in [6, 6.07) is 25.8. The van der Waals surface area contributed by atoms with E-state index >= 15 is 0 Å². The number of thioether (sulfide) groups is 1. The maximum absolute atomic E-state index is 6.08. The molecule has 0 aliphatic heterocycles. The SMILES string of the molecule is COC(CCCCSc1ccc(C2=C(Br)CCc3cc(OCc4ccccc4)ccc32)cc1)OC. The van der Waals surface area contributed by atoms with E-state index in [1.54, 1.807) is 14.2 Å². The van der Waals surface area contributed by atoms with Crippen LogP contribution in [0.25, 0.3) is 5.57 Å². The van der Waals surface area contributed by atoms with Gasteiger partial charge in [0.1, 0.15) is 12.4 Å². The van der Waals surface area contributed by atoms with Crippen LogP contribution in [0.1, 0.15) is 47.9 Å². The first kappa shape index (κ1) is 26.0. The highest BCUT2D eigenvalue weighted by molar-refractivity contribution is 9.11. The minimum Gasteiger partial charge on any atom is -0.489 e. The van der Waals surface area contributed by atoms with Crippen molar-refractivity contribution in [3.05, 3.63) is 99.5 Å². The molecule has 0 aromatic heterocycles. The van der Waals surface area contributed by atoms with Crippen molar-refractivity contribution in [2.45, 2.75) is 49.9 Å². The minimum absolute atomic E-state index is 0.0871. The highest BCUT2D eigenvalue weighted by Gasteiger charge is 2.20. The van der Waals surface area contributed by atoms with Crippen LogP contribution in [0.5, 0.6) is 5.75 Å². The van der Waals surface area contributed by atoms with Crippen LogP contribution in [0.15, 0.2) is 82.2 Å². The first-order chi connectivity index (χ1) is 17.2. The molecular formula is C30H33BrO3S.